The van der Waals surface area contributed by atoms with E-state index in [1.807, 2.05) is 26.0 Å². The van der Waals surface area contributed by atoms with Gasteiger partial charge in [-0.25, -0.2) is 4.90 Å². The predicted octanol–water partition coefficient (Wildman–Crippen LogP) is 4.04. The molecule has 32 heavy (non-hydrogen) atoms. The molecule has 6 rings (SSSR count). The molecular formula is C24H21Cl2N3O3. The van der Waals surface area contributed by atoms with Gasteiger partial charge >= 0.3 is 0 Å². The van der Waals surface area contributed by atoms with Gasteiger partial charge in [0.25, 0.3) is 0 Å². The van der Waals surface area contributed by atoms with Crippen LogP contribution in [-0.2, 0) is 19.9 Å². The third-order valence-corrected chi connectivity index (χ3v) is 8.60. The molecule has 0 radical (unpaired) electrons. The molecule has 3 fully saturated rings. The fraction of sp³-hybridized carbons (Fsp3) is 0.375. The summed E-state index contributed by atoms with van der Waals surface area (Å²) in [5.41, 5.74) is 2.86. The summed E-state index contributed by atoms with van der Waals surface area (Å²) in [4.78, 5) is 44.7. The fourth-order valence-corrected chi connectivity index (χ4v) is 6.69. The maximum Gasteiger partial charge on any atom is 0.250 e. The molecule has 0 aromatic heterocycles. The lowest BCUT2D eigenvalue weighted by atomic mass is 9.75. The molecule has 2 aromatic carbocycles. The molecule has 0 saturated carbocycles. The van der Waals surface area contributed by atoms with Crippen molar-refractivity contribution in [1.82, 2.24) is 4.90 Å². The van der Waals surface area contributed by atoms with Gasteiger partial charge in [-0.15, -0.1) is 0 Å². The van der Waals surface area contributed by atoms with Gasteiger partial charge in [0.2, 0.25) is 17.7 Å². The van der Waals surface area contributed by atoms with Gasteiger partial charge in [0.05, 0.1) is 27.6 Å². The van der Waals surface area contributed by atoms with E-state index in [1.54, 1.807) is 12.1 Å². The third kappa shape index (κ3) is 2.23. The Balaban J connectivity index is 1.56. The van der Waals surface area contributed by atoms with Crippen LogP contribution in [0.1, 0.15) is 29.5 Å². The number of hydrogen-bond donors (Lipinski definition) is 1. The number of nitrogens with one attached hydrogen (secondary N) is 1. The van der Waals surface area contributed by atoms with Gasteiger partial charge in [0, 0.05) is 17.3 Å². The van der Waals surface area contributed by atoms with Crippen LogP contribution in [0.25, 0.3) is 0 Å². The molecule has 3 amide bonds. The highest BCUT2D eigenvalue weighted by molar-refractivity contribution is 6.42. The number of carbonyl (C=O) groups is 3. The SMILES string of the molecule is Cc1ccc2c(c1C)NC(=O)[C@@]21[C@@H]2C(=O)N(c3ccc(Cl)c(Cl)c3)C(=O)[C@@H]2[C@@H]2CCCN21. The van der Waals surface area contributed by atoms with Crippen molar-refractivity contribution in [2.75, 3.05) is 16.8 Å². The van der Waals surface area contributed by atoms with Crippen LogP contribution in [0, 0.1) is 25.7 Å². The first-order chi connectivity index (χ1) is 15.3. The molecule has 3 saturated heterocycles. The van der Waals surface area contributed by atoms with Crippen molar-refractivity contribution in [3.05, 3.63) is 57.1 Å². The lowest BCUT2D eigenvalue weighted by Crippen LogP contribution is -2.54. The Kier molecular flexibility index (Phi) is 4.15. The van der Waals surface area contributed by atoms with Gasteiger partial charge in [-0.3, -0.25) is 19.3 Å². The van der Waals surface area contributed by atoms with Crippen molar-refractivity contribution in [1.29, 1.82) is 0 Å². The van der Waals surface area contributed by atoms with Crippen LogP contribution in [0.15, 0.2) is 30.3 Å². The number of fused-ring (bicyclic) bond motifs is 7. The van der Waals surface area contributed by atoms with Crippen molar-refractivity contribution >= 4 is 52.3 Å². The zero-order valence-corrected chi connectivity index (χ0v) is 19.1. The van der Waals surface area contributed by atoms with E-state index in [-0.39, 0.29) is 28.8 Å². The van der Waals surface area contributed by atoms with Crippen molar-refractivity contribution in [2.45, 2.75) is 38.3 Å². The molecule has 4 aliphatic heterocycles. The van der Waals surface area contributed by atoms with Crippen molar-refractivity contribution in [3.8, 4) is 0 Å². The maximum atomic E-state index is 13.9. The summed E-state index contributed by atoms with van der Waals surface area (Å²) in [6.45, 7) is 4.66. The summed E-state index contributed by atoms with van der Waals surface area (Å²) in [6.07, 6.45) is 1.67. The van der Waals surface area contributed by atoms with Gasteiger partial charge in [0.1, 0.15) is 5.54 Å². The second-order valence-electron chi connectivity index (χ2n) is 9.17. The molecule has 2 aromatic rings. The second-order valence-corrected chi connectivity index (χ2v) is 9.98. The van der Waals surface area contributed by atoms with E-state index < -0.39 is 17.4 Å². The smallest absolute Gasteiger partial charge is 0.250 e. The van der Waals surface area contributed by atoms with Gasteiger partial charge in [0.15, 0.2) is 0 Å². The summed E-state index contributed by atoms with van der Waals surface area (Å²) in [6, 6.07) is 8.54. The maximum absolute atomic E-state index is 13.9. The van der Waals surface area contributed by atoms with Crippen LogP contribution in [0.4, 0.5) is 11.4 Å². The average molecular weight is 470 g/mol. The molecule has 0 unspecified atom stereocenters. The average Bonchev–Trinajstić information content (AvgIpc) is 3.46. The van der Waals surface area contributed by atoms with Gasteiger partial charge in [-0.1, -0.05) is 35.3 Å². The second kappa shape index (κ2) is 6.56. The topological polar surface area (TPSA) is 69.7 Å². The molecule has 1 N–H and O–H groups in total. The molecule has 6 nitrogen and oxygen atoms in total. The number of carbonyl (C=O) groups excluding carboxylic acids is 3. The van der Waals surface area contributed by atoms with Crippen LogP contribution < -0.4 is 10.2 Å². The largest absolute Gasteiger partial charge is 0.324 e. The first-order valence-corrected chi connectivity index (χ1v) is 11.6. The minimum Gasteiger partial charge on any atom is -0.324 e. The van der Waals surface area contributed by atoms with Crippen LogP contribution in [0.3, 0.4) is 0 Å². The fourth-order valence-electron chi connectivity index (χ4n) is 6.40. The lowest BCUT2D eigenvalue weighted by molar-refractivity contribution is -0.135. The molecule has 0 aliphatic carbocycles. The van der Waals surface area contributed by atoms with Gasteiger partial charge in [-0.05, 0) is 62.6 Å². The highest BCUT2D eigenvalue weighted by Gasteiger charge is 2.74. The monoisotopic (exact) mass is 469 g/mol. The number of aryl methyl sites for hydroxylation is 1. The van der Waals surface area contributed by atoms with Gasteiger partial charge in [-0.2, -0.15) is 0 Å². The summed E-state index contributed by atoms with van der Waals surface area (Å²) in [7, 11) is 0. The van der Waals surface area contributed by atoms with Crippen molar-refractivity contribution in [3.63, 3.8) is 0 Å². The first-order valence-electron chi connectivity index (χ1n) is 10.8. The van der Waals surface area contributed by atoms with E-state index in [2.05, 4.69) is 10.2 Å². The van der Waals surface area contributed by atoms with E-state index in [0.717, 1.165) is 35.2 Å². The normalized spacial score (nSPS) is 30.8. The number of halogens is 2. The van der Waals surface area contributed by atoms with Crippen molar-refractivity contribution in [2.24, 2.45) is 11.8 Å². The van der Waals surface area contributed by atoms with E-state index >= 15 is 0 Å². The first kappa shape index (κ1) is 20.2. The zero-order valence-electron chi connectivity index (χ0n) is 17.6. The Morgan fingerprint density at radius 1 is 1.03 bits per heavy atom. The van der Waals surface area contributed by atoms with Crippen LogP contribution in [0.5, 0.6) is 0 Å². The molecule has 1 spiro atoms. The van der Waals surface area contributed by atoms with Crippen LogP contribution >= 0.6 is 23.2 Å². The number of amides is 3. The molecule has 4 atom stereocenters. The molecule has 4 aliphatic rings. The Bertz CT molecular complexity index is 1250. The quantitative estimate of drug-likeness (QED) is 0.639. The Morgan fingerprint density at radius 2 is 1.81 bits per heavy atom. The zero-order chi connectivity index (χ0) is 22.5. The number of imide groups is 1. The lowest BCUT2D eigenvalue weighted by Gasteiger charge is -2.36. The molecule has 4 heterocycles. The Morgan fingerprint density at radius 3 is 2.56 bits per heavy atom. The van der Waals surface area contributed by atoms with E-state index in [9.17, 15) is 14.4 Å². The number of nitrogens with zero attached hydrogens (tertiary/aromatic N) is 2. The Labute approximate surface area is 195 Å². The number of benzene rings is 2. The van der Waals surface area contributed by atoms with Crippen molar-refractivity contribution < 1.29 is 14.4 Å². The molecule has 0 bridgehead atoms. The highest BCUT2D eigenvalue weighted by atomic mass is 35.5. The van der Waals surface area contributed by atoms with E-state index in [1.165, 1.54) is 11.0 Å². The standard InChI is InChI=1S/C24H21Cl2N3O3/c1-11-5-7-14-20(12(11)2)27-23(32)24(14)19-18(17-4-3-9-28(17)24)21(30)29(22(19)31)13-6-8-15(25)16(26)10-13/h5-8,10,17-19H,3-4,9H2,1-2H3,(H,27,32)/t17-,18+,19-,24-/m0/s1. The van der Waals surface area contributed by atoms with E-state index in [0.29, 0.717) is 17.3 Å². The molecular weight excluding hydrogens is 449 g/mol. The highest BCUT2D eigenvalue weighted by Crippen LogP contribution is 2.61. The van der Waals surface area contributed by atoms with Crippen LogP contribution in [0.2, 0.25) is 10.0 Å². The number of anilines is 2. The minimum absolute atomic E-state index is 0.150. The summed E-state index contributed by atoms with van der Waals surface area (Å²) < 4.78 is 0. The van der Waals surface area contributed by atoms with Gasteiger partial charge < -0.3 is 5.32 Å². The minimum atomic E-state index is -1.17. The third-order valence-electron chi connectivity index (χ3n) is 7.86. The van der Waals surface area contributed by atoms with Crippen LogP contribution in [-0.4, -0.2) is 35.2 Å². The number of rotatable bonds is 1. The molecule has 8 heteroatoms. The summed E-state index contributed by atoms with van der Waals surface area (Å²) in [5, 5.41) is 3.69. The summed E-state index contributed by atoms with van der Waals surface area (Å²) in [5.74, 6) is -2.18. The molecule has 164 valence electrons. The summed E-state index contributed by atoms with van der Waals surface area (Å²) >= 11 is 12.2. The van der Waals surface area contributed by atoms with E-state index in [4.69, 9.17) is 23.2 Å². The number of hydrogen-bond acceptors (Lipinski definition) is 4. The predicted molar refractivity (Wildman–Crippen MR) is 122 cm³/mol. The Hall–Kier alpha value is -2.41.